The molecule has 0 aliphatic heterocycles. The quantitative estimate of drug-likeness (QED) is 0.390. The number of hydrogen-bond acceptors (Lipinski definition) is 4. The highest BCUT2D eigenvalue weighted by Gasteiger charge is 2.04. The fourth-order valence-electron chi connectivity index (χ4n) is 0.889. The van der Waals surface area contributed by atoms with Gasteiger partial charge < -0.3 is 25.8 Å². The Hall–Kier alpha value is -1.83. The first-order chi connectivity index (χ1) is 8.06. The monoisotopic (exact) mass is 247 g/mol. The minimum absolute atomic E-state index is 0.129. The molecule has 0 aliphatic carbocycles. The summed E-state index contributed by atoms with van der Waals surface area (Å²) in [6.45, 7) is 0.537. The zero-order valence-electron chi connectivity index (χ0n) is 9.62. The Morgan fingerprint density at radius 3 is 2.41 bits per heavy atom. The van der Waals surface area contributed by atoms with E-state index in [1.807, 2.05) is 0 Å². The second-order valence-electron chi connectivity index (χ2n) is 3.10. The number of nitrogens with one attached hydrogen (secondary N) is 3. The average molecular weight is 247 g/mol. The molecule has 0 fully saturated rings. The number of carboxylic acids is 1. The predicted octanol–water partition coefficient (Wildman–Crippen LogP) is -1.48. The van der Waals surface area contributed by atoms with Gasteiger partial charge in [0.15, 0.2) is 0 Å². The predicted molar refractivity (Wildman–Crippen MR) is 58.5 cm³/mol. The van der Waals surface area contributed by atoms with E-state index in [4.69, 9.17) is 9.84 Å². The maximum Gasteiger partial charge on any atom is 0.323 e. The maximum absolute atomic E-state index is 11.1. The summed E-state index contributed by atoms with van der Waals surface area (Å²) in [4.78, 5) is 32.2. The zero-order chi connectivity index (χ0) is 13.1. The van der Waals surface area contributed by atoms with Crippen molar-refractivity contribution in [2.45, 2.75) is 6.42 Å². The normalized spacial score (nSPS) is 9.47. The third-order valence-electron chi connectivity index (χ3n) is 1.67. The van der Waals surface area contributed by atoms with E-state index in [9.17, 15) is 14.4 Å². The summed E-state index contributed by atoms with van der Waals surface area (Å²) in [7, 11) is 1.53. The number of rotatable bonds is 8. The summed E-state index contributed by atoms with van der Waals surface area (Å²) in [5.41, 5.74) is 0. The van der Waals surface area contributed by atoms with Gasteiger partial charge in [0.1, 0.15) is 6.54 Å². The van der Waals surface area contributed by atoms with Crippen LogP contribution in [0.1, 0.15) is 6.42 Å². The van der Waals surface area contributed by atoms with E-state index in [1.165, 1.54) is 7.11 Å². The van der Waals surface area contributed by atoms with Crippen molar-refractivity contribution in [2.24, 2.45) is 0 Å². The molecule has 3 amide bonds. The Balaban J connectivity index is 3.45. The lowest BCUT2D eigenvalue weighted by atomic mass is 10.4. The first-order valence-corrected chi connectivity index (χ1v) is 5.05. The van der Waals surface area contributed by atoms with Gasteiger partial charge in [0.25, 0.3) is 0 Å². The third-order valence-corrected chi connectivity index (χ3v) is 1.67. The van der Waals surface area contributed by atoms with E-state index in [2.05, 4.69) is 16.0 Å². The Morgan fingerprint density at radius 1 is 1.12 bits per heavy atom. The van der Waals surface area contributed by atoms with E-state index in [0.29, 0.717) is 13.2 Å². The van der Waals surface area contributed by atoms with Crippen molar-refractivity contribution in [3.63, 3.8) is 0 Å². The highest BCUT2D eigenvalue weighted by atomic mass is 16.5. The lowest BCUT2D eigenvalue weighted by Gasteiger charge is -2.06. The fourth-order valence-corrected chi connectivity index (χ4v) is 0.889. The summed E-state index contributed by atoms with van der Waals surface area (Å²) in [6, 6.07) is -0.614. The molecule has 0 rings (SSSR count). The summed E-state index contributed by atoms with van der Waals surface area (Å²) in [5.74, 6) is -1.34. The molecule has 0 bridgehead atoms. The summed E-state index contributed by atoms with van der Waals surface area (Å²) < 4.78 is 4.74. The van der Waals surface area contributed by atoms with E-state index in [1.54, 1.807) is 0 Å². The van der Waals surface area contributed by atoms with Crippen LogP contribution in [0.15, 0.2) is 0 Å². The van der Waals surface area contributed by atoms with Gasteiger partial charge in [0.05, 0.1) is 6.61 Å². The van der Waals surface area contributed by atoms with Crippen LogP contribution in [0, 0.1) is 0 Å². The molecule has 0 aromatic carbocycles. The van der Waals surface area contributed by atoms with Gasteiger partial charge >= 0.3 is 12.0 Å². The molecule has 0 saturated heterocycles. The molecule has 0 heterocycles. The van der Waals surface area contributed by atoms with Crippen molar-refractivity contribution in [1.29, 1.82) is 0 Å². The number of ether oxygens (including phenoxy) is 1. The lowest BCUT2D eigenvalue weighted by molar-refractivity contribution is -0.135. The van der Waals surface area contributed by atoms with Crippen LogP contribution in [-0.4, -0.2) is 56.4 Å². The Morgan fingerprint density at radius 2 is 1.82 bits per heavy atom. The topological polar surface area (TPSA) is 117 Å². The van der Waals surface area contributed by atoms with E-state index in [-0.39, 0.29) is 18.9 Å². The molecule has 8 heteroatoms. The number of aliphatic carboxylic acids is 1. The third kappa shape index (κ3) is 10.5. The van der Waals surface area contributed by atoms with Crippen LogP contribution in [-0.2, 0) is 14.3 Å². The van der Waals surface area contributed by atoms with Crippen LogP contribution in [0.3, 0.4) is 0 Å². The minimum atomic E-state index is -1.13. The molecule has 17 heavy (non-hydrogen) atoms. The minimum Gasteiger partial charge on any atom is -0.480 e. The van der Waals surface area contributed by atoms with Gasteiger partial charge in [-0.2, -0.15) is 0 Å². The Bertz CT molecular complexity index is 269. The second-order valence-corrected chi connectivity index (χ2v) is 3.10. The highest BCUT2D eigenvalue weighted by molar-refractivity contribution is 5.80. The number of amides is 3. The average Bonchev–Trinajstić information content (AvgIpc) is 2.27. The molecule has 0 atom stereocenters. The number of carbonyl (C=O) groups excluding carboxylic acids is 2. The molecule has 0 unspecified atom stereocenters. The molecule has 98 valence electrons. The van der Waals surface area contributed by atoms with Crippen molar-refractivity contribution < 1.29 is 24.2 Å². The summed E-state index contributed by atoms with van der Waals surface area (Å²) in [6.07, 6.45) is 0.129. The van der Waals surface area contributed by atoms with Crippen molar-refractivity contribution in [2.75, 3.05) is 33.4 Å². The zero-order valence-corrected chi connectivity index (χ0v) is 9.62. The van der Waals surface area contributed by atoms with Crippen molar-refractivity contribution in [3.05, 3.63) is 0 Å². The van der Waals surface area contributed by atoms with Crippen molar-refractivity contribution in [3.8, 4) is 0 Å². The number of carbonyl (C=O) groups is 3. The van der Waals surface area contributed by atoms with Gasteiger partial charge in [-0.25, -0.2) is 4.79 Å². The molecule has 4 N–H and O–H groups in total. The van der Waals surface area contributed by atoms with Crippen LogP contribution >= 0.6 is 0 Å². The largest absolute Gasteiger partial charge is 0.480 e. The molecule has 0 aromatic rings. The molecular weight excluding hydrogens is 230 g/mol. The Kier molecular flexibility index (Phi) is 8.39. The van der Waals surface area contributed by atoms with Gasteiger partial charge in [0.2, 0.25) is 5.91 Å². The van der Waals surface area contributed by atoms with Crippen LogP contribution < -0.4 is 16.0 Å². The van der Waals surface area contributed by atoms with Gasteiger partial charge in [0, 0.05) is 26.6 Å². The van der Waals surface area contributed by atoms with E-state index < -0.39 is 18.5 Å². The lowest BCUT2D eigenvalue weighted by Crippen LogP contribution is -2.40. The maximum atomic E-state index is 11.1. The van der Waals surface area contributed by atoms with Crippen molar-refractivity contribution in [1.82, 2.24) is 16.0 Å². The molecule has 0 spiro atoms. The number of carboxylic acid groups (broad SMARTS) is 1. The molecule has 0 aromatic heterocycles. The van der Waals surface area contributed by atoms with Crippen LogP contribution in [0.5, 0.6) is 0 Å². The highest BCUT2D eigenvalue weighted by Crippen LogP contribution is 1.78. The van der Waals surface area contributed by atoms with Crippen LogP contribution in [0.4, 0.5) is 4.79 Å². The molecule has 8 nitrogen and oxygen atoms in total. The van der Waals surface area contributed by atoms with Crippen LogP contribution in [0.25, 0.3) is 0 Å². The number of hydrogen-bond donors (Lipinski definition) is 4. The molecular formula is C9H17N3O5. The SMILES string of the molecule is COCCNC(=O)CCNC(=O)NCC(=O)O. The van der Waals surface area contributed by atoms with Gasteiger partial charge in [-0.1, -0.05) is 0 Å². The smallest absolute Gasteiger partial charge is 0.323 e. The molecule has 0 aliphatic rings. The number of methoxy groups -OCH3 is 1. The standard InChI is InChI=1S/C9H17N3O5/c1-17-5-4-10-7(13)2-3-11-9(16)12-6-8(14)15/h2-6H2,1H3,(H,10,13)(H,14,15)(H2,11,12,16). The molecule has 0 radical (unpaired) electrons. The first kappa shape index (κ1) is 15.2. The first-order valence-electron chi connectivity index (χ1n) is 5.05. The summed E-state index contributed by atoms with van der Waals surface area (Å²) >= 11 is 0. The number of urea groups is 1. The van der Waals surface area contributed by atoms with Gasteiger partial charge in [-0.05, 0) is 0 Å². The van der Waals surface area contributed by atoms with Crippen molar-refractivity contribution >= 4 is 17.9 Å². The van der Waals surface area contributed by atoms with Gasteiger partial charge in [-0.3, -0.25) is 9.59 Å². The van der Waals surface area contributed by atoms with Crippen LogP contribution in [0.2, 0.25) is 0 Å². The second kappa shape index (κ2) is 9.40. The fraction of sp³-hybridized carbons (Fsp3) is 0.667. The van der Waals surface area contributed by atoms with Gasteiger partial charge in [-0.15, -0.1) is 0 Å². The van der Waals surface area contributed by atoms with E-state index >= 15 is 0 Å². The molecule has 0 saturated carbocycles. The summed E-state index contributed by atoms with van der Waals surface area (Å²) in [5, 5.41) is 15.3. The Labute approximate surface area is 98.7 Å². The van der Waals surface area contributed by atoms with E-state index in [0.717, 1.165) is 0 Å².